The number of benzene rings is 2. The Morgan fingerprint density at radius 1 is 1.10 bits per heavy atom. The van der Waals surface area contributed by atoms with Gasteiger partial charge in [-0.25, -0.2) is 18.6 Å². The second kappa shape index (κ2) is 7.98. The molecular formula is C21H18F2N2O4. The summed E-state index contributed by atoms with van der Waals surface area (Å²) in [5, 5.41) is 0. The Bertz CT molecular complexity index is 1000. The van der Waals surface area contributed by atoms with Gasteiger partial charge < -0.3 is 14.1 Å². The highest BCUT2D eigenvalue weighted by molar-refractivity contribution is 5.91. The van der Waals surface area contributed by atoms with Crippen molar-refractivity contribution in [2.45, 2.75) is 18.8 Å². The van der Waals surface area contributed by atoms with Crippen LogP contribution in [0.25, 0.3) is 11.1 Å². The number of aromatic nitrogens is 1. The SMILES string of the molecule is O=C(OCC(=O)N1CCC(c2nc3ccccc3o2)CC1)c1cc(F)cc(F)c1. The van der Waals surface area contributed by atoms with Gasteiger partial charge in [0, 0.05) is 25.1 Å². The molecule has 1 aromatic heterocycles. The third-order valence-corrected chi connectivity index (χ3v) is 4.93. The minimum absolute atomic E-state index is 0.115. The third-order valence-electron chi connectivity index (χ3n) is 4.93. The lowest BCUT2D eigenvalue weighted by Gasteiger charge is -2.30. The van der Waals surface area contributed by atoms with Gasteiger partial charge in [-0.05, 0) is 37.1 Å². The number of fused-ring (bicyclic) bond motifs is 1. The van der Waals surface area contributed by atoms with E-state index in [0.717, 1.165) is 23.2 Å². The molecule has 0 atom stereocenters. The smallest absolute Gasteiger partial charge is 0.338 e. The summed E-state index contributed by atoms with van der Waals surface area (Å²) in [7, 11) is 0. The molecule has 29 heavy (non-hydrogen) atoms. The number of oxazole rings is 1. The standard InChI is InChI=1S/C21H18F2N2O4/c22-15-9-14(10-16(23)11-15)21(27)28-12-19(26)25-7-5-13(6-8-25)20-24-17-3-1-2-4-18(17)29-20/h1-4,9-11,13H,5-8,12H2. The summed E-state index contributed by atoms with van der Waals surface area (Å²) in [4.78, 5) is 30.3. The number of ether oxygens (including phenoxy) is 1. The first-order valence-corrected chi connectivity index (χ1v) is 9.26. The third kappa shape index (κ3) is 4.26. The predicted octanol–water partition coefficient (Wildman–Crippen LogP) is 3.67. The average Bonchev–Trinajstić information content (AvgIpc) is 3.15. The summed E-state index contributed by atoms with van der Waals surface area (Å²) in [5.74, 6) is -2.29. The molecule has 2 heterocycles. The molecule has 3 aromatic rings. The Balaban J connectivity index is 1.30. The van der Waals surface area contributed by atoms with Gasteiger partial charge in [-0.1, -0.05) is 12.1 Å². The maximum absolute atomic E-state index is 13.2. The van der Waals surface area contributed by atoms with Crippen molar-refractivity contribution >= 4 is 23.0 Å². The molecule has 1 amide bonds. The summed E-state index contributed by atoms with van der Waals surface area (Å²) in [5.41, 5.74) is 1.27. The topological polar surface area (TPSA) is 72.6 Å². The first-order valence-electron chi connectivity index (χ1n) is 9.26. The number of halogens is 2. The molecule has 0 unspecified atom stereocenters. The van der Waals surface area contributed by atoms with Crippen molar-refractivity contribution in [2.24, 2.45) is 0 Å². The number of likely N-dealkylation sites (tertiary alicyclic amines) is 1. The Morgan fingerprint density at radius 3 is 2.48 bits per heavy atom. The highest BCUT2D eigenvalue weighted by atomic mass is 19.1. The number of esters is 1. The van der Waals surface area contributed by atoms with Crippen LogP contribution in [0.4, 0.5) is 8.78 Å². The molecule has 1 aliphatic rings. The number of nitrogens with zero attached hydrogens (tertiary/aromatic N) is 2. The molecule has 0 N–H and O–H groups in total. The number of hydrogen-bond acceptors (Lipinski definition) is 5. The van der Waals surface area contributed by atoms with E-state index in [4.69, 9.17) is 9.15 Å². The van der Waals surface area contributed by atoms with Crippen molar-refractivity contribution < 1.29 is 27.5 Å². The van der Waals surface area contributed by atoms with Crippen LogP contribution in [0.5, 0.6) is 0 Å². The number of carbonyl (C=O) groups excluding carboxylic acids is 2. The summed E-state index contributed by atoms with van der Waals surface area (Å²) in [6.07, 6.45) is 1.36. The molecule has 4 rings (SSSR count). The van der Waals surface area contributed by atoms with Gasteiger partial charge in [0.1, 0.15) is 17.2 Å². The molecule has 0 bridgehead atoms. The lowest BCUT2D eigenvalue weighted by atomic mass is 9.97. The van der Waals surface area contributed by atoms with E-state index >= 15 is 0 Å². The van der Waals surface area contributed by atoms with Gasteiger partial charge in [-0.15, -0.1) is 0 Å². The molecule has 1 aliphatic heterocycles. The summed E-state index contributed by atoms with van der Waals surface area (Å²) >= 11 is 0. The zero-order valence-electron chi connectivity index (χ0n) is 15.4. The second-order valence-corrected chi connectivity index (χ2v) is 6.91. The monoisotopic (exact) mass is 400 g/mol. The van der Waals surface area contributed by atoms with E-state index in [-0.39, 0.29) is 17.4 Å². The predicted molar refractivity (Wildman–Crippen MR) is 99.2 cm³/mol. The van der Waals surface area contributed by atoms with E-state index in [9.17, 15) is 18.4 Å². The quantitative estimate of drug-likeness (QED) is 0.625. The molecule has 2 aromatic carbocycles. The van der Waals surface area contributed by atoms with Crippen LogP contribution < -0.4 is 0 Å². The normalized spacial score (nSPS) is 14.9. The van der Waals surface area contributed by atoms with Crippen LogP contribution >= 0.6 is 0 Å². The van der Waals surface area contributed by atoms with Gasteiger partial charge in [-0.2, -0.15) is 0 Å². The van der Waals surface area contributed by atoms with Crippen LogP contribution in [0.15, 0.2) is 46.9 Å². The van der Waals surface area contributed by atoms with Crippen LogP contribution in [0.1, 0.15) is 35.0 Å². The first-order chi connectivity index (χ1) is 14.0. The summed E-state index contributed by atoms with van der Waals surface area (Å²) < 4.78 is 37.1. The molecule has 0 saturated carbocycles. The van der Waals surface area contributed by atoms with E-state index in [0.29, 0.717) is 37.9 Å². The molecule has 8 heteroatoms. The molecule has 150 valence electrons. The highest BCUT2D eigenvalue weighted by Gasteiger charge is 2.27. The molecule has 0 radical (unpaired) electrons. The number of para-hydroxylation sites is 2. The molecule has 1 saturated heterocycles. The van der Waals surface area contributed by atoms with E-state index < -0.39 is 24.2 Å². The number of piperidine rings is 1. The van der Waals surface area contributed by atoms with Crippen molar-refractivity contribution in [2.75, 3.05) is 19.7 Å². The molecule has 0 aliphatic carbocycles. The van der Waals surface area contributed by atoms with Crippen molar-refractivity contribution in [3.63, 3.8) is 0 Å². The fraction of sp³-hybridized carbons (Fsp3) is 0.286. The van der Waals surface area contributed by atoms with Gasteiger partial charge in [-0.3, -0.25) is 4.79 Å². The van der Waals surface area contributed by atoms with E-state index in [1.807, 2.05) is 24.3 Å². The first kappa shape index (κ1) is 19.0. The van der Waals surface area contributed by atoms with Crippen LogP contribution in [-0.2, 0) is 9.53 Å². The number of carbonyl (C=O) groups is 2. The fourth-order valence-electron chi connectivity index (χ4n) is 3.41. The van der Waals surface area contributed by atoms with Gasteiger partial charge >= 0.3 is 5.97 Å². The minimum Gasteiger partial charge on any atom is -0.452 e. The molecule has 1 fully saturated rings. The van der Waals surface area contributed by atoms with E-state index in [1.54, 1.807) is 4.90 Å². The zero-order chi connectivity index (χ0) is 20.4. The van der Waals surface area contributed by atoms with E-state index in [1.165, 1.54) is 0 Å². The van der Waals surface area contributed by atoms with Crippen molar-refractivity contribution in [1.29, 1.82) is 0 Å². The minimum atomic E-state index is -0.946. The largest absolute Gasteiger partial charge is 0.452 e. The fourth-order valence-corrected chi connectivity index (χ4v) is 3.41. The Hall–Kier alpha value is -3.29. The maximum atomic E-state index is 13.2. The lowest BCUT2D eigenvalue weighted by molar-refractivity contribution is -0.135. The van der Waals surface area contributed by atoms with Crippen molar-refractivity contribution in [1.82, 2.24) is 9.88 Å². The number of hydrogen-bond donors (Lipinski definition) is 0. The molecular weight excluding hydrogens is 382 g/mol. The van der Waals surface area contributed by atoms with Crippen molar-refractivity contribution in [3.8, 4) is 0 Å². The Kier molecular flexibility index (Phi) is 5.24. The lowest BCUT2D eigenvalue weighted by Crippen LogP contribution is -2.40. The van der Waals surface area contributed by atoms with Crippen LogP contribution in [0.2, 0.25) is 0 Å². The Labute approximate surface area is 165 Å². The van der Waals surface area contributed by atoms with Gasteiger partial charge in [0.15, 0.2) is 18.1 Å². The molecule has 0 spiro atoms. The Morgan fingerprint density at radius 2 is 1.79 bits per heavy atom. The van der Waals surface area contributed by atoms with Crippen molar-refractivity contribution in [3.05, 3.63) is 65.6 Å². The van der Waals surface area contributed by atoms with Gasteiger partial charge in [0.25, 0.3) is 5.91 Å². The number of amides is 1. The van der Waals surface area contributed by atoms with Gasteiger partial charge in [0.05, 0.1) is 5.56 Å². The van der Waals surface area contributed by atoms with E-state index in [2.05, 4.69) is 4.98 Å². The second-order valence-electron chi connectivity index (χ2n) is 6.91. The van der Waals surface area contributed by atoms with Crippen LogP contribution in [0.3, 0.4) is 0 Å². The summed E-state index contributed by atoms with van der Waals surface area (Å²) in [6.45, 7) is 0.479. The molecule has 6 nitrogen and oxygen atoms in total. The zero-order valence-corrected chi connectivity index (χ0v) is 15.4. The summed E-state index contributed by atoms with van der Waals surface area (Å²) in [6, 6.07) is 9.92. The van der Waals surface area contributed by atoms with Crippen LogP contribution in [-0.4, -0.2) is 41.5 Å². The van der Waals surface area contributed by atoms with Gasteiger partial charge in [0.2, 0.25) is 0 Å². The maximum Gasteiger partial charge on any atom is 0.338 e. The average molecular weight is 400 g/mol. The number of rotatable bonds is 4. The highest BCUT2D eigenvalue weighted by Crippen LogP contribution is 2.29. The van der Waals surface area contributed by atoms with Crippen LogP contribution in [0, 0.1) is 11.6 Å².